The summed E-state index contributed by atoms with van der Waals surface area (Å²) in [5.74, 6) is 0. The number of aromatic nitrogens is 3. The van der Waals surface area contributed by atoms with Gasteiger partial charge in [0.05, 0.1) is 5.69 Å². The fraction of sp³-hybridized carbons (Fsp3) is 0.400. The van der Waals surface area contributed by atoms with Gasteiger partial charge >= 0.3 is 0 Å². The van der Waals surface area contributed by atoms with Gasteiger partial charge in [-0.2, -0.15) is 0 Å². The molecule has 0 aliphatic carbocycles. The highest BCUT2D eigenvalue weighted by Crippen LogP contribution is 2.18. The van der Waals surface area contributed by atoms with E-state index in [0.717, 1.165) is 49.9 Å². The highest BCUT2D eigenvalue weighted by Gasteiger charge is 2.18. The topological polar surface area (TPSA) is 79.8 Å². The monoisotopic (exact) mass is 398 g/mol. The Morgan fingerprint density at radius 1 is 1.16 bits per heavy atom. The van der Waals surface area contributed by atoms with E-state index < -0.39 is 0 Å². The van der Waals surface area contributed by atoms with Crippen LogP contribution in [0, 0.1) is 0 Å². The minimum atomic E-state index is -0.00216. The molecule has 134 valence electrons. The molecule has 10 heteroatoms. The summed E-state index contributed by atoms with van der Waals surface area (Å²) in [5.41, 5.74) is 6.53. The summed E-state index contributed by atoms with van der Waals surface area (Å²) in [5, 5.41) is 2.52. The number of anilines is 1. The predicted molar refractivity (Wildman–Crippen MR) is 104 cm³/mol. The van der Waals surface area contributed by atoms with E-state index in [9.17, 15) is 4.79 Å². The summed E-state index contributed by atoms with van der Waals surface area (Å²) >= 11 is 3.05. The number of hydrogen-bond donors (Lipinski definition) is 1. The van der Waals surface area contributed by atoms with E-state index in [1.165, 1.54) is 16.2 Å². The Morgan fingerprint density at radius 3 is 2.56 bits per heavy atom. The normalized spacial score (nSPS) is 16.2. The number of piperazine rings is 1. The first-order valence-corrected chi connectivity index (χ1v) is 9.48. The van der Waals surface area contributed by atoms with Crippen LogP contribution in [0.3, 0.4) is 0 Å². The van der Waals surface area contributed by atoms with Crippen molar-refractivity contribution in [3.63, 3.8) is 0 Å². The Morgan fingerprint density at radius 2 is 1.88 bits per heavy atom. The summed E-state index contributed by atoms with van der Waals surface area (Å²) in [6.07, 6.45) is 3.63. The second kappa shape index (κ2) is 7.79. The standard InChI is InChI=1S/C15H18N6OS2.ClH/c16-14-17-8-12(24-14)10-20-3-1-19(2-4-20)9-11-7-13(22)21-5-6-23-15(21)18-11;/h5-8H,1-4,9-10H2,(H2,16,17);1H. The Labute approximate surface area is 159 Å². The Kier molecular flexibility index (Phi) is 5.70. The molecule has 0 bridgehead atoms. The van der Waals surface area contributed by atoms with E-state index in [1.807, 2.05) is 11.6 Å². The van der Waals surface area contributed by atoms with Gasteiger partial charge in [0.1, 0.15) is 0 Å². The third-order valence-corrected chi connectivity index (χ3v) is 5.73. The number of nitrogen functional groups attached to an aromatic ring is 1. The summed E-state index contributed by atoms with van der Waals surface area (Å²) in [6, 6.07) is 1.65. The Hall–Kier alpha value is -1.52. The minimum absolute atomic E-state index is 0. The number of rotatable bonds is 4. The molecule has 1 aliphatic heterocycles. The zero-order valence-electron chi connectivity index (χ0n) is 13.5. The highest BCUT2D eigenvalue weighted by molar-refractivity contribution is 7.15. The van der Waals surface area contributed by atoms with Gasteiger partial charge in [-0.15, -0.1) is 35.1 Å². The second-order valence-electron chi connectivity index (χ2n) is 5.86. The van der Waals surface area contributed by atoms with Crippen LogP contribution in [-0.4, -0.2) is 50.3 Å². The maximum absolute atomic E-state index is 12.0. The number of nitrogens with zero attached hydrogens (tertiary/aromatic N) is 5. The second-order valence-corrected chi connectivity index (χ2v) is 7.88. The molecule has 3 aromatic rings. The van der Waals surface area contributed by atoms with E-state index in [1.54, 1.807) is 28.0 Å². The Bertz CT molecular complexity index is 899. The largest absolute Gasteiger partial charge is 0.375 e. The maximum atomic E-state index is 12.0. The molecular weight excluding hydrogens is 380 g/mol. The van der Waals surface area contributed by atoms with Crippen molar-refractivity contribution in [2.24, 2.45) is 0 Å². The lowest BCUT2D eigenvalue weighted by atomic mass is 10.2. The molecule has 1 saturated heterocycles. The summed E-state index contributed by atoms with van der Waals surface area (Å²) in [6.45, 7) is 5.57. The maximum Gasteiger partial charge on any atom is 0.258 e. The average Bonchev–Trinajstić information content (AvgIpc) is 3.18. The van der Waals surface area contributed by atoms with Crippen LogP contribution in [0.2, 0.25) is 0 Å². The average molecular weight is 399 g/mol. The molecule has 4 heterocycles. The molecule has 0 radical (unpaired) electrons. The molecule has 0 atom stereocenters. The molecule has 1 aliphatic rings. The van der Waals surface area contributed by atoms with Crippen LogP contribution in [0.15, 0.2) is 28.6 Å². The first kappa shape index (κ1) is 18.3. The van der Waals surface area contributed by atoms with Gasteiger partial charge in [0, 0.05) is 68.0 Å². The molecule has 4 rings (SSSR count). The van der Waals surface area contributed by atoms with Crippen LogP contribution in [0.4, 0.5) is 5.13 Å². The fourth-order valence-corrected chi connectivity index (χ4v) is 4.38. The van der Waals surface area contributed by atoms with Crippen molar-refractivity contribution in [3.05, 3.63) is 44.8 Å². The van der Waals surface area contributed by atoms with Crippen molar-refractivity contribution in [3.8, 4) is 0 Å². The lowest BCUT2D eigenvalue weighted by Gasteiger charge is -2.34. The van der Waals surface area contributed by atoms with Gasteiger partial charge in [-0.05, 0) is 0 Å². The first-order chi connectivity index (χ1) is 11.7. The van der Waals surface area contributed by atoms with Gasteiger partial charge in [-0.25, -0.2) is 9.97 Å². The van der Waals surface area contributed by atoms with Crippen molar-refractivity contribution < 1.29 is 0 Å². The minimum Gasteiger partial charge on any atom is -0.375 e. The molecule has 0 saturated carbocycles. The van der Waals surface area contributed by atoms with Crippen LogP contribution in [0.1, 0.15) is 10.6 Å². The van der Waals surface area contributed by atoms with Crippen molar-refractivity contribution in [1.82, 2.24) is 24.2 Å². The molecule has 7 nitrogen and oxygen atoms in total. The number of nitrogens with two attached hydrogens (primary N) is 1. The van der Waals surface area contributed by atoms with Crippen molar-refractivity contribution in [1.29, 1.82) is 0 Å². The van der Waals surface area contributed by atoms with Gasteiger partial charge in [0.2, 0.25) is 0 Å². The number of halogens is 1. The van der Waals surface area contributed by atoms with Gasteiger partial charge in [-0.1, -0.05) is 0 Å². The molecule has 0 unspecified atom stereocenters. The highest BCUT2D eigenvalue weighted by atomic mass is 35.5. The van der Waals surface area contributed by atoms with Gasteiger partial charge in [0.15, 0.2) is 10.1 Å². The van der Waals surface area contributed by atoms with E-state index in [0.29, 0.717) is 5.13 Å². The van der Waals surface area contributed by atoms with Crippen LogP contribution in [0.5, 0.6) is 0 Å². The van der Waals surface area contributed by atoms with Gasteiger partial charge in [0.25, 0.3) is 5.56 Å². The van der Waals surface area contributed by atoms with E-state index in [4.69, 9.17) is 5.73 Å². The Balaban J connectivity index is 0.00000182. The lowest BCUT2D eigenvalue weighted by molar-refractivity contribution is 0.122. The zero-order chi connectivity index (χ0) is 16.5. The number of thiazole rings is 2. The quantitative estimate of drug-likeness (QED) is 0.718. The SMILES string of the molecule is Cl.Nc1ncc(CN2CCN(Cc3cc(=O)n4ccsc4n3)CC2)s1. The van der Waals surface area contributed by atoms with E-state index in [-0.39, 0.29) is 18.0 Å². The van der Waals surface area contributed by atoms with Gasteiger partial charge in [-0.3, -0.25) is 19.0 Å². The van der Waals surface area contributed by atoms with Crippen molar-refractivity contribution in [2.45, 2.75) is 13.1 Å². The molecule has 25 heavy (non-hydrogen) atoms. The van der Waals surface area contributed by atoms with E-state index >= 15 is 0 Å². The molecule has 0 spiro atoms. The summed E-state index contributed by atoms with van der Waals surface area (Å²) in [7, 11) is 0. The van der Waals surface area contributed by atoms with Crippen LogP contribution in [-0.2, 0) is 13.1 Å². The van der Waals surface area contributed by atoms with Crippen LogP contribution < -0.4 is 11.3 Å². The molecule has 1 fully saturated rings. The van der Waals surface area contributed by atoms with Crippen molar-refractivity contribution >= 4 is 45.2 Å². The van der Waals surface area contributed by atoms with E-state index in [2.05, 4.69) is 19.8 Å². The van der Waals surface area contributed by atoms with Gasteiger partial charge < -0.3 is 5.73 Å². The lowest BCUT2D eigenvalue weighted by Crippen LogP contribution is -2.45. The van der Waals surface area contributed by atoms with Crippen LogP contribution in [0.25, 0.3) is 4.96 Å². The fourth-order valence-electron chi connectivity index (χ4n) is 2.92. The summed E-state index contributed by atoms with van der Waals surface area (Å²) < 4.78 is 1.59. The zero-order valence-corrected chi connectivity index (χ0v) is 15.9. The third-order valence-electron chi connectivity index (χ3n) is 4.16. The molecule has 3 aromatic heterocycles. The molecule has 0 aromatic carbocycles. The first-order valence-electron chi connectivity index (χ1n) is 7.78. The van der Waals surface area contributed by atoms with Crippen molar-refractivity contribution in [2.75, 3.05) is 31.9 Å². The smallest absolute Gasteiger partial charge is 0.258 e. The third kappa shape index (κ3) is 4.18. The van der Waals surface area contributed by atoms with Crippen LogP contribution >= 0.6 is 35.1 Å². The molecule has 0 amide bonds. The molecule has 2 N–H and O–H groups in total. The predicted octanol–water partition coefficient (Wildman–Crippen LogP) is 1.53. The number of fused-ring (bicyclic) bond motifs is 1. The number of hydrogen-bond acceptors (Lipinski definition) is 8. The molecular formula is C15H19ClN6OS2. The summed E-state index contributed by atoms with van der Waals surface area (Å²) in [4.78, 5) is 27.5.